The molecule has 2 heterocycles. The average Bonchev–Trinajstić information content (AvgIpc) is 2.84. The molecule has 2 aromatic carbocycles. The minimum Gasteiger partial charge on any atom is -0.493 e. The molecule has 2 aliphatic heterocycles. The fourth-order valence-electron chi connectivity index (χ4n) is 3.90. The topological polar surface area (TPSA) is 59.1 Å². The van der Waals surface area contributed by atoms with Crippen molar-refractivity contribution in [3.8, 4) is 11.5 Å². The number of hydrogen-bond acceptors (Lipinski definition) is 4. The van der Waals surface area contributed by atoms with Gasteiger partial charge in [-0.1, -0.05) is 18.9 Å². The molecule has 1 unspecified atom stereocenters. The van der Waals surface area contributed by atoms with Crippen molar-refractivity contribution in [3.05, 3.63) is 30.3 Å². The zero-order valence-corrected chi connectivity index (χ0v) is 15.0. The van der Waals surface area contributed by atoms with Crippen LogP contribution in [0.1, 0.15) is 25.7 Å². The van der Waals surface area contributed by atoms with Crippen LogP contribution in [0.3, 0.4) is 0 Å². The number of nitrogens with zero attached hydrogens (tertiary/aromatic N) is 2. The predicted molar refractivity (Wildman–Crippen MR) is 98.9 cm³/mol. The van der Waals surface area contributed by atoms with Crippen LogP contribution in [-0.4, -0.2) is 43.6 Å². The maximum absolute atomic E-state index is 12.9. The first-order valence-corrected chi connectivity index (χ1v) is 8.94. The summed E-state index contributed by atoms with van der Waals surface area (Å²) in [5.74, 6) is 1.15. The molecular weight excluding hydrogens is 332 g/mol. The first-order chi connectivity index (χ1) is 12.6. The molecule has 0 bridgehead atoms. The maximum atomic E-state index is 12.9. The van der Waals surface area contributed by atoms with Gasteiger partial charge in [-0.15, -0.1) is 0 Å². The van der Waals surface area contributed by atoms with Crippen LogP contribution in [0.2, 0.25) is 0 Å². The summed E-state index contributed by atoms with van der Waals surface area (Å²) >= 11 is 0. The smallest absolute Gasteiger partial charge is 0.332 e. The minimum absolute atomic E-state index is 0.114. The van der Waals surface area contributed by atoms with E-state index in [2.05, 4.69) is 0 Å². The lowest BCUT2D eigenvalue weighted by Crippen LogP contribution is -2.34. The number of hydrogen-bond donors (Lipinski definition) is 0. The molecule has 1 atom stereocenters. The highest BCUT2D eigenvalue weighted by Gasteiger charge is 2.45. The maximum Gasteiger partial charge on any atom is 0.332 e. The molecule has 0 aliphatic carbocycles. The van der Waals surface area contributed by atoms with Crippen molar-refractivity contribution in [2.45, 2.75) is 31.7 Å². The van der Waals surface area contributed by atoms with E-state index in [1.165, 1.54) is 4.90 Å². The number of methoxy groups -OCH3 is 2. The molecule has 3 amide bonds. The Bertz CT molecular complexity index is 855. The van der Waals surface area contributed by atoms with E-state index < -0.39 is 0 Å². The van der Waals surface area contributed by atoms with Gasteiger partial charge in [-0.25, -0.2) is 9.69 Å². The summed E-state index contributed by atoms with van der Waals surface area (Å²) in [7, 11) is 3.18. The van der Waals surface area contributed by atoms with Crippen molar-refractivity contribution in [1.82, 2.24) is 4.90 Å². The van der Waals surface area contributed by atoms with Crippen LogP contribution in [0.15, 0.2) is 30.3 Å². The highest BCUT2D eigenvalue weighted by molar-refractivity contribution is 6.21. The lowest BCUT2D eigenvalue weighted by atomic mass is 10.1. The standard InChI is InChI=1S/C20H22N2O4/c1-25-17-11-13-7-8-15(10-14(13)12-18(17)26-2)22-19(23)16-6-4-3-5-9-21(16)20(22)24/h7-8,10-12,16H,3-6,9H2,1-2H3. The second kappa shape index (κ2) is 6.52. The number of amides is 3. The molecule has 2 fully saturated rings. The van der Waals surface area contributed by atoms with Gasteiger partial charge in [0.05, 0.1) is 19.9 Å². The van der Waals surface area contributed by atoms with Gasteiger partial charge >= 0.3 is 6.03 Å². The Morgan fingerprint density at radius 3 is 2.38 bits per heavy atom. The summed E-state index contributed by atoms with van der Waals surface area (Å²) in [6.07, 6.45) is 3.77. The van der Waals surface area contributed by atoms with Gasteiger partial charge in [0.2, 0.25) is 0 Å². The molecule has 4 rings (SSSR count). The molecule has 0 spiro atoms. The Morgan fingerprint density at radius 1 is 0.923 bits per heavy atom. The van der Waals surface area contributed by atoms with Gasteiger partial charge in [-0.05, 0) is 47.9 Å². The fraction of sp³-hybridized carbons (Fsp3) is 0.400. The van der Waals surface area contributed by atoms with E-state index in [0.29, 0.717) is 23.7 Å². The van der Waals surface area contributed by atoms with E-state index in [-0.39, 0.29) is 18.0 Å². The van der Waals surface area contributed by atoms with Gasteiger partial charge in [0.1, 0.15) is 6.04 Å². The summed E-state index contributed by atoms with van der Waals surface area (Å²) in [6, 6.07) is 8.81. The van der Waals surface area contributed by atoms with E-state index in [1.54, 1.807) is 19.1 Å². The van der Waals surface area contributed by atoms with Crippen LogP contribution in [0.4, 0.5) is 10.5 Å². The summed E-state index contributed by atoms with van der Waals surface area (Å²) in [6.45, 7) is 0.657. The molecule has 2 aromatic rings. The predicted octanol–water partition coefficient (Wildman–Crippen LogP) is 3.57. The van der Waals surface area contributed by atoms with Gasteiger partial charge in [-0.2, -0.15) is 0 Å². The Hall–Kier alpha value is -2.76. The Morgan fingerprint density at radius 2 is 1.65 bits per heavy atom. The van der Waals surface area contributed by atoms with Crippen molar-refractivity contribution in [3.63, 3.8) is 0 Å². The van der Waals surface area contributed by atoms with Crippen molar-refractivity contribution in [2.75, 3.05) is 25.7 Å². The van der Waals surface area contributed by atoms with Gasteiger partial charge in [0, 0.05) is 6.54 Å². The number of rotatable bonds is 3. The molecular formula is C20H22N2O4. The lowest BCUT2D eigenvalue weighted by molar-refractivity contribution is -0.119. The molecule has 26 heavy (non-hydrogen) atoms. The molecule has 6 nitrogen and oxygen atoms in total. The number of fused-ring (bicyclic) bond motifs is 2. The van der Waals surface area contributed by atoms with Crippen molar-refractivity contribution >= 4 is 28.4 Å². The third-order valence-electron chi connectivity index (χ3n) is 5.28. The SMILES string of the molecule is COc1cc2ccc(N3C(=O)C4CCCCCN4C3=O)cc2cc1OC. The number of carbonyl (C=O) groups excluding carboxylic acids is 2. The van der Waals surface area contributed by atoms with Crippen molar-refractivity contribution in [1.29, 1.82) is 0 Å². The van der Waals surface area contributed by atoms with Gasteiger partial charge < -0.3 is 14.4 Å². The highest BCUT2D eigenvalue weighted by atomic mass is 16.5. The number of benzene rings is 2. The number of anilines is 1. The molecule has 0 N–H and O–H groups in total. The molecule has 136 valence electrons. The Balaban J connectivity index is 1.74. The molecule has 0 saturated carbocycles. The van der Waals surface area contributed by atoms with Crippen LogP contribution in [0, 0.1) is 0 Å². The largest absolute Gasteiger partial charge is 0.493 e. The average molecular weight is 354 g/mol. The quantitative estimate of drug-likeness (QED) is 0.791. The molecule has 2 saturated heterocycles. The normalized spacial score (nSPS) is 20.3. The first-order valence-electron chi connectivity index (χ1n) is 8.94. The monoisotopic (exact) mass is 354 g/mol. The van der Waals surface area contributed by atoms with E-state index in [4.69, 9.17) is 9.47 Å². The summed E-state index contributed by atoms with van der Waals surface area (Å²) in [5, 5.41) is 1.85. The number of urea groups is 1. The minimum atomic E-state index is -0.314. The van der Waals surface area contributed by atoms with Crippen molar-refractivity contribution < 1.29 is 19.1 Å². The highest BCUT2D eigenvalue weighted by Crippen LogP contribution is 2.36. The summed E-state index contributed by atoms with van der Waals surface area (Å²) in [4.78, 5) is 28.8. The van der Waals surface area contributed by atoms with E-state index in [0.717, 1.165) is 36.5 Å². The number of ether oxygens (including phenoxy) is 2. The zero-order chi connectivity index (χ0) is 18.3. The molecule has 6 heteroatoms. The third-order valence-corrected chi connectivity index (χ3v) is 5.28. The number of carbonyl (C=O) groups is 2. The van der Waals surface area contributed by atoms with E-state index in [9.17, 15) is 9.59 Å². The second-order valence-electron chi connectivity index (χ2n) is 6.75. The number of imide groups is 1. The molecule has 2 aliphatic rings. The van der Waals surface area contributed by atoms with Crippen LogP contribution < -0.4 is 14.4 Å². The zero-order valence-electron chi connectivity index (χ0n) is 15.0. The Kier molecular flexibility index (Phi) is 4.18. The summed E-state index contributed by atoms with van der Waals surface area (Å²) < 4.78 is 10.7. The first kappa shape index (κ1) is 16.7. The van der Waals surface area contributed by atoms with Gasteiger partial charge in [0.25, 0.3) is 5.91 Å². The summed E-state index contributed by atoms with van der Waals surface area (Å²) in [5.41, 5.74) is 0.604. The van der Waals surface area contributed by atoms with Crippen LogP contribution in [0.5, 0.6) is 11.5 Å². The molecule has 0 radical (unpaired) electrons. The Labute approximate surface area is 152 Å². The van der Waals surface area contributed by atoms with Crippen LogP contribution in [-0.2, 0) is 4.79 Å². The van der Waals surface area contributed by atoms with Gasteiger partial charge in [0.15, 0.2) is 11.5 Å². The van der Waals surface area contributed by atoms with E-state index in [1.807, 2.05) is 30.3 Å². The van der Waals surface area contributed by atoms with E-state index >= 15 is 0 Å². The van der Waals surface area contributed by atoms with Gasteiger partial charge in [-0.3, -0.25) is 4.79 Å². The second-order valence-corrected chi connectivity index (χ2v) is 6.75. The lowest BCUT2D eigenvalue weighted by Gasteiger charge is -2.18. The van der Waals surface area contributed by atoms with Crippen LogP contribution >= 0.6 is 0 Å². The third kappa shape index (κ3) is 2.57. The van der Waals surface area contributed by atoms with Crippen LogP contribution in [0.25, 0.3) is 10.8 Å². The fourth-order valence-corrected chi connectivity index (χ4v) is 3.90. The van der Waals surface area contributed by atoms with Crippen molar-refractivity contribution in [2.24, 2.45) is 0 Å². The molecule has 0 aromatic heterocycles.